The molecule has 0 spiro atoms. The lowest BCUT2D eigenvalue weighted by atomic mass is 9.81. The molecule has 0 N–H and O–H groups in total. The third kappa shape index (κ3) is 1.98. The molecule has 96 valence electrons. The summed E-state index contributed by atoms with van der Waals surface area (Å²) in [6, 6.07) is 0.176. The van der Waals surface area contributed by atoms with Gasteiger partial charge in [0.2, 0.25) is 0 Å². The van der Waals surface area contributed by atoms with E-state index in [0.717, 1.165) is 16.5 Å². The molecule has 0 amide bonds. The molecule has 0 fully saturated rings. The molecule has 0 aromatic heterocycles. The smallest absolute Gasteiger partial charge is 0.127 e. The van der Waals surface area contributed by atoms with Crippen LogP contribution in [0, 0.1) is 13.8 Å². The number of aryl methyl sites for hydroxylation is 2. The fourth-order valence-electron chi connectivity index (χ4n) is 2.44. The molecular weight excluding hydrogens is 220 g/mol. The second kappa shape index (κ2) is 4.31. The van der Waals surface area contributed by atoms with Crippen LogP contribution >= 0.6 is 0 Å². The maximum absolute atomic E-state index is 8.50. The zero-order valence-electron chi connectivity index (χ0n) is 15.9. The molecule has 2 aromatic rings. The highest BCUT2D eigenvalue weighted by atomic mass is 16.5. The fourth-order valence-corrected chi connectivity index (χ4v) is 2.44. The minimum Gasteiger partial charge on any atom is -0.496 e. The molecule has 0 aliphatic rings. The van der Waals surface area contributed by atoms with Gasteiger partial charge in [-0.25, -0.2) is 0 Å². The van der Waals surface area contributed by atoms with Crippen molar-refractivity contribution in [2.75, 3.05) is 7.11 Å². The van der Waals surface area contributed by atoms with Crippen LogP contribution in [0.1, 0.15) is 42.9 Å². The number of methoxy groups -OCH3 is 1. The number of ether oxygens (including phenoxy) is 1. The predicted octanol–water partition coefficient (Wildman–Crippen LogP) is 4.76. The number of rotatable bonds is 1. The third-order valence-electron chi connectivity index (χ3n) is 3.23. The maximum atomic E-state index is 8.50. The van der Waals surface area contributed by atoms with Gasteiger partial charge in [0.1, 0.15) is 5.75 Å². The van der Waals surface area contributed by atoms with Crippen LogP contribution < -0.4 is 4.74 Å². The fraction of sp³-hybridized carbons (Fsp3) is 0.412. The minimum absolute atomic E-state index is 0.0421. The Morgan fingerprint density at radius 2 is 1.83 bits per heavy atom. The second-order valence-corrected chi connectivity index (χ2v) is 5.66. The highest BCUT2D eigenvalue weighted by molar-refractivity contribution is 5.94. The summed E-state index contributed by atoms with van der Waals surface area (Å²) in [5.41, 5.74) is 2.17. The number of benzene rings is 2. The van der Waals surface area contributed by atoms with Crippen molar-refractivity contribution in [1.82, 2.24) is 0 Å². The quantitative estimate of drug-likeness (QED) is 0.704. The summed E-state index contributed by atoms with van der Waals surface area (Å²) in [4.78, 5) is 0. The first-order valence-corrected chi connectivity index (χ1v) is 6.11. The Bertz CT molecular complexity index is 773. The van der Waals surface area contributed by atoms with Crippen molar-refractivity contribution < 1.29 is 10.2 Å². The molecule has 0 heterocycles. The van der Waals surface area contributed by atoms with E-state index in [9.17, 15) is 0 Å². The zero-order chi connectivity index (χ0) is 17.0. The molecule has 2 rings (SSSR count). The Hall–Kier alpha value is -1.50. The summed E-state index contributed by atoms with van der Waals surface area (Å²) in [6.07, 6.45) is 0. The van der Waals surface area contributed by atoms with Gasteiger partial charge in [-0.2, -0.15) is 0 Å². The highest BCUT2D eigenvalue weighted by Gasteiger charge is 2.20. The first-order chi connectivity index (χ1) is 10.0. The van der Waals surface area contributed by atoms with Crippen molar-refractivity contribution in [2.24, 2.45) is 0 Å². The SMILES string of the molecule is [2H]c1c([2H])c(C)c2c(C)c(C(C)(C)C)c([2H])c(OC)c2c1[2H]. The van der Waals surface area contributed by atoms with Gasteiger partial charge in [0.05, 0.1) is 12.6 Å². The van der Waals surface area contributed by atoms with Crippen LogP contribution in [-0.2, 0) is 5.41 Å². The lowest BCUT2D eigenvalue weighted by Gasteiger charge is -2.24. The Kier molecular flexibility index (Phi) is 2.05. The van der Waals surface area contributed by atoms with Crippen LogP contribution in [0.5, 0.6) is 5.75 Å². The zero-order valence-corrected chi connectivity index (χ0v) is 11.9. The molecule has 0 saturated carbocycles. The van der Waals surface area contributed by atoms with Crippen molar-refractivity contribution in [2.45, 2.75) is 40.0 Å². The second-order valence-electron chi connectivity index (χ2n) is 5.66. The summed E-state index contributed by atoms with van der Waals surface area (Å²) < 4.78 is 38.2. The van der Waals surface area contributed by atoms with Gasteiger partial charge in [-0.1, -0.05) is 38.9 Å². The molecule has 0 atom stereocenters. The minimum atomic E-state index is -0.251. The van der Waals surface area contributed by atoms with Crippen molar-refractivity contribution in [3.63, 3.8) is 0 Å². The number of fused-ring (bicyclic) bond motifs is 1. The third-order valence-corrected chi connectivity index (χ3v) is 3.23. The molecular formula is C17H22O. The van der Waals surface area contributed by atoms with Crippen LogP contribution in [0.25, 0.3) is 10.8 Å². The average molecular weight is 246 g/mol. The van der Waals surface area contributed by atoms with Crippen LogP contribution in [0.3, 0.4) is 0 Å². The van der Waals surface area contributed by atoms with Crippen molar-refractivity contribution in [3.05, 3.63) is 40.9 Å². The first-order valence-electron chi connectivity index (χ1n) is 8.11. The normalized spacial score (nSPS) is 15.0. The van der Waals surface area contributed by atoms with Gasteiger partial charge in [-0.05, 0) is 47.4 Å². The van der Waals surface area contributed by atoms with E-state index < -0.39 is 0 Å². The lowest BCUT2D eigenvalue weighted by Crippen LogP contribution is -2.13. The number of hydrogen-bond donors (Lipinski definition) is 0. The van der Waals surface area contributed by atoms with Crippen LogP contribution in [0.4, 0.5) is 0 Å². The van der Waals surface area contributed by atoms with Crippen molar-refractivity contribution in [3.8, 4) is 5.75 Å². The molecule has 1 heteroatoms. The van der Waals surface area contributed by atoms with E-state index in [1.807, 2.05) is 27.7 Å². The van der Waals surface area contributed by atoms with Crippen LogP contribution in [0.2, 0.25) is 0 Å². The van der Waals surface area contributed by atoms with Gasteiger partial charge >= 0.3 is 0 Å². The van der Waals surface area contributed by atoms with E-state index in [1.165, 1.54) is 7.11 Å². The number of hydrogen-bond acceptors (Lipinski definition) is 1. The van der Waals surface area contributed by atoms with E-state index >= 15 is 0 Å². The van der Waals surface area contributed by atoms with E-state index in [-0.39, 0.29) is 29.6 Å². The molecule has 18 heavy (non-hydrogen) atoms. The standard InChI is InChI=1S/C17H22O/c1-11-8-7-9-13-15(18-6)10-14(17(3,4)5)12(2)16(11)13/h7-10H,1-6H3/i7D,8D,9D,10D. The summed E-state index contributed by atoms with van der Waals surface area (Å²) in [5.74, 6) is 0.326. The monoisotopic (exact) mass is 246 g/mol. The Balaban J connectivity index is 3.22. The van der Waals surface area contributed by atoms with Crippen LogP contribution in [0.15, 0.2) is 24.2 Å². The average Bonchev–Trinajstić information content (AvgIpc) is 2.40. The summed E-state index contributed by atoms with van der Waals surface area (Å²) in [5, 5.41) is 1.24. The Morgan fingerprint density at radius 1 is 1.17 bits per heavy atom. The molecule has 1 nitrogen and oxygen atoms in total. The van der Waals surface area contributed by atoms with Crippen molar-refractivity contribution >= 4 is 10.8 Å². The van der Waals surface area contributed by atoms with Gasteiger partial charge < -0.3 is 4.74 Å². The summed E-state index contributed by atoms with van der Waals surface area (Å²) >= 11 is 0. The molecule has 0 unspecified atom stereocenters. The van der Waals surface area contributed by atoms with E-state index in [0.29, 0.717) is 16.7 Å². The predicted molar refractivity (Wildman–Crippen MR) is 78.7 cm³/mol. The van der Waals surface area contributed by atoms with E-state index in [4.69, 9.17) is 10.2 Å². The topological polar surface area (TPSA) is 9.23 Å². The summed E-state index contributed by atoms with van der Waals surface area (Å²) in [6.45, 7) is 9.84. The molecule has 2 aromatic carbocycles. The Labute approximate surface area is 115 Å². The summed E-state index contributed by atoms with van der Waals surface area (Å²) in [7, 11) is 1.49. The van der Waals surface area contributed by atoms with Gasteiger partial charge in [-0.15, -0.1) is 0 Å². The molecule has 0 radical (unpaired) electrons. The molecule has 0 aliphatic carbocycles. The van der Waals surface area contributed by atoms with E-state index in [2.05, 4.69) is 0 Å². The van der Waals surface area contributed by atoms with Gasteiger partial charge in [0, 0.05) is 5.39 Å². The molecule has 0 bridgehead atoms. The molecule has 0 aliphatic heterocycles. The highest BCUT2D eigenvalue weighted by Crippen LogP contribution is 2.37. The Morgan fingerprint density at radius 3 is 2.39 bits per heavy atom. The van der Waals surface area contributed by atoms with Crippen LogP contribution in [-0.4, -0.2) is 7.11 Å². The molecule has 0 saturated heterocycles. The van der Waals surface area contributed by atoms with Crippen molar-refractivity contribution in [1.29, 1.82) is 0 Å². The first kappa shape index (κ1) is 8.58. The maximum Gasteiger partial charge on any atom is 0.127 e. The van der Waals surface area contributed by atoms with Gasteiger partial charge in [-0.3, -0.25) is 0 Å². The van der Waals surface area contributed by atoms with Gasteiger partial charge in [0.25, 0.3) is 0 Å². The van der Waals surface area contributed by atoms with E-state index in [1.54, 1.807) is 6.92 Å². The van der Waals surface area contributed by atoms with Gasteiger partial charge in [0.15, 0.2) is 0 Å². The largest absolute Gasteiger partial charge is 0.496 e. The lowest BCUT2D eigenvalue weighted by molar-refractivity contribution is 0.417.